The van der Waals surface area contributed by atoms with Crippen molar-refractivity contribution in [3.05, 3.63) is 71.3 Å². The second-order valence-corrected chi connectivity index (χ2v) is 6.99. The van der Waals surface area contributed by atoms with Crippen molar-refractivity contribution in [2.75, 3.05) is 11.5 Å². The zero-order chi connectivity index (χ0) is 19.3. The Morgan fingerprint density at radius 2 is 1.75 bits per heavy atom. The van der Waals surface area contributed by atoms with Gasteiger partial charge in [0.1, 0.15) is 5.75 Å². The summed E-state index contributed by atoms with van der Waals surface area (Å²) in [5.74, 6) is 0.157. The molecule has 3 aromatic rings. The summed E-state index contributed by atoms with van der Waals surface area (Å²) in [6, 6.07) is 16.6. The van der Waals surface area contributed by atoms with Crippen molar-refractivity contribution in [2.24, 2.45) is 0 Å². The predicted molar refractivity (Wildman–Crippen MR) is 106 cm³/mol. The van der Waals surface area contributed by atoms with Crippen molar-refractivity contribution < 1.29 is 19.1 Å². The van der Waals surface area contributed by atoms with Gasteiger partial charge in [0.05, 0.1) is 5.69 Å². The number of benzene rings is 3. The number of ether oxygens (including phenoxy) is 2. The van der Waals surface area contributed by atoms with Crippen LogP contribution in [0.1, 0.15) is 39.6 Å². The normalized spacial score (nSPS) is 18.2. The first kappa shape index (κ1) is 17.0. The first-order valence-electron chi connectivity index (χ1n) is 9.49. The molecule has 0 N–H and O–H groups in total. The molecule has 0 saturated heterocycles. The lowest BCUT2D eigenvalue weighted by Crippen LogP contribution is -2.40. The standard InChI is InChI=1S/C23H19NO4/c1-2-27-20-12-9-15-13-16(10-11-19(15)28-20)24-22(25)17-7-3-5-14-6-4-8-18(21(14)17)23(24)26/h3-8,10-11,13,20H,2,9,12H2,1H3. The van der Waals surface area contributed by atoms with E-state index in [0.717, 1.165) is 34.9 Å². The van der Waals surface area contributed by atoms with Gasteiger partial charge in [0.2, 0.25) is 0 Å². The number of rotatable bonds is 3. The van der Waals surface area contributed by atoms with Crippen LogP contribution in [0.15, 0.2) is 54.6 Å². The summed E-state index contributed by atoms with van der Waals surface area (Å²) in [5, 5.41) is 1.63. The number of imide groups is 1. The van der Waals surface area contributed by atoms with Gasteiger partial charge in [0.15, 0.2) is 6.29 Å². The van der Waals surface area contributed by atoms with Crippen molar-refractivity contribution in [3.8, 4) is 5.75 Å². The summed E-state index contributed by atoms with van der Waals surface area (Å²) in [6.45, 7) is 2.54. The highest BCUT2D eigenvalue weighted by molar-refractivity contribution is 6.35. The Morgan fingerprint density at radius 1 is 1.04 bits per heavy atom. The van der Waals surface area contributed by atoms with Crippen LogP contribution >= 0.6 is 0 Å². The molecule has 1 atom stereocenters. The molecule has 28 heavy (non-hydrogen) atoms. The molecule has 1 unspecified atom stereocenters. The van der Waals surface area contributed by atoms with Crippen LogP contribution in [-0.4, -0.2) is 24.7 Å². The molecule has 0 saturated carbocycles. The molecule has 2 aliphatic heterocycles. The quantitative estimate of drug-likeness (QED) is 0.642. The smallest absolute Gasteiger partial charge is 0.265 e. The van der Waals surface area contributed by atoms with E-state index in [-0.39, 0.29) is 18.1 Å². The number of carbonyl (C=O) groups excluding carboxylic acids is 2. The molecule has 2 aliphatic rings. The maximum absolute atomic E-state index is 13.2. The minimum absolute atomic E-state index is 0.244. The molecule has 5 heteroatoms. The van der Waals surface area contributed by atoms with Crippen LogP contribution in [0.4, 0.5) is 5.69 Å². The summed E-state index contributed by atoms with van der Waals surface area (Å²) in [7, 11) is 0. The third-order valence-electron chi connectivity index (χ3n) is 5.33. The molecule has 0 bridgehead atoms. The van der Waals surface area contributed by atoms with E-state index in [1.165, 1.54) is 4.90 Å². The lowest BCUT2D eigenvalue weighted by Gasteiger charge is -2.29. The van der Waals surface area contributed by atoms with E-state index < -0.39 is 0 Å². The van der Waals surface area contributed by atoms with E-state index in [4.69, 9.17) is 9.47 Å². The molecule has 2 amide bonds. The number of hydrogen-bond donors (Lipinski definition) is 0. The third-order valence-corrected chi connectivity index (χ3v) is 5.33. The van der Waals surface area contributed by atoms with Gasteiger partial charge in [-0.05, 0) is 54.6 Å². The van der Waals surface area contributed by atoms with E-state index in [1.54, 1.807) is 18.2 Å². The fourth-order valence-electron chi connectivity index (χ4n) is 4.06. The number of hydrogen-bond acceptors (Lipinski definition) is 4. The third kappa shape index (κ3) is 2.51. The monoisotopic (exact) mass is 373 g/mol. The van der Waals surface area contributed by atoms with Gasteiger partial charge in [0.25, 0.3) is 11.8 Å². The molecular weight excluding hydrogens is 354 g/mol. The summed E-state index contributed by atoms with van der Waals surface area (Å²) in [5.41, 5.74) is 2.65. The van der Waals surface area contributed by atoms with E-state index in [1.807, 2.05) is 43.3 Å². The zero-order valence-electron chi connectivity index (χ0n) is 15.5. The Balaban J connectivity index is 1.56. The Kier molecular flexibility index (Phi) is 3.91. The predicted octanol–water partition coefficient (Wildman–Crippen LogP) is 4.33. The summed E-state index contributed by atoms with van der Waals surface area (Å²) < 4.78 is 11.4. The molecule has 2 heterocycles. The van der Waals surface area contributed by atoms with Gasteiger partial charge in [-0.2, -0.15) is 0 Å². The Morgan fingerprint density at radius 3 is 2.43 bits per heavy atom. The molecule has 0 fully saturated rings. The number of anilines is 1. The van der Waals surface area contributed by atoms with E-state index in [2.05, 4.69) is 0 Å². The van der Waals surface area contributed by atoms with Crippen LogP contribution in [0.3, 0.4) is 0 Å². The zero-order valence-corrected chi connectivity index (χ0v) is 15.5. The second-order valence-electron chi connectivity index (χ2n) is 6.99. The highest BCUT2D eigenvalue weighted by atomic mass is 16.7. The lowest BCUT2D eigenvalue weighted by atomic mass is 9.93. The lowest BCUT2D eigenvalue weighted by molar-refractivity contribution is -0.0861. The minimum atomic E-state index is -0.293. The maximum Gasteiger partial charge on any atom is 0.265 e. The van der Waals surface area contributed by atoms with Crippen LogP contribution in [-0.2, 0) is 11.2 Å². The molecule has 0 radical (unpaired) electrons. The van der Waals surface area contributed by atoms with Crippen LogP contribution in [0, 0.1) is 0 Å². The molecular formula is C23H19NO4. The van der Waals surface area contributed by atoms with Gasteiger partial charge in [0, 0.05) is 29.5 Å². The highest BCUT2D eigenvalue weighted by Gasteiger charge is 2.34. The van der Waals surface area contributed by atoms with Gasteiger partial charge in [-0.1, -0.05) is 24.3 Å². The molecule has 0 spiro atoms. The van der Waals surface area contributed by atoms with Gasteiger partial charge < -0.3 is 9.47 Å². The van der Waals surface area contributed by atoms with E-state index >= 15 is 0 Å². The summed E-state index contributed by atoms with van der Waals surface area (Å²) >= 11 is 0. The van der Waals surface area contributed by atoms with Crippen molar-refractivity contribution in [3.63, 3.8) is 0 Å². The average molecular weight is 373 g/mol. The maximum atomic E-state index is 13.2. The van der Waals surface area contributed by atoms with Gasteiger partial charge >= 0.3 is 0 Å². The molecule has 0 aromatic heterocycles. The largest absolute Gasteiger partial charge is 0.465 e. The topological polar surface area (TPSA) is 55.8 Å². The van der Waals surface area contributed by atoms with E-state index in [0.29, 0.717) is 23.4 Å². The Bertz CT molecular complexity index is 1070. The number of aryl methyl sites for hydroxylation is 1. The summed E-state index contributed by atoms with van der Waals surface area (Å²) in [4.78, 5) is 27.6. The van der Waals surface area contributed by atoms with Crippen molar-refractivity contribution in [2.45, 2.75) is 26.1 Å². The minimum Gasteiger partial charge on any atom is -0.465 e. The van der Waals surface area contributed by atoms with Crippen LogP contribution in [0.25, 0.3) is 10.8 Å². The van der Waals surface area contributed by atoms with Crippen LogP contribution in [0.5, 0.6) is 5.75 Å². The van der Waals surface area contributed by atoms with Crippen molar-refractivity contribution >= 4 is 28.3 Å². The Hall–Kier alpha value is -3.18. The number of nitrogens with zero attached hydrogens (tertiary/aromatic N) is 1. The van der Waals surface area contributed by atoms with Crippen molar-refractivity contribution in [1.29, 1.82) is 0 Å². The van der Waals surface area contributed by atoms with Crippen LogP contribution in [0.2, 0.25) is 0 Å². The molecule has 0 aliphatic carbocycles. The van der Waals surface area contributed by atoms with E-state index in [9.17, 15) is 9.59 Å². The van der Waals surface area contributed by atoms with Gasteiger partial charge in [-0.3, -0.25) is 9.59 Å². The van der Waals surface area contributed by atoms with Gasteiger partial charge in [-0.25, -0.2) is 4.90 Å². The Labute approximate surface area is 162 Å². The highest BCUT2D eigenvalue weighted by Crippen LogP contribution is 2.36. The fourth-order valence-corrected chi connectivity index (χ4v) is 4.06. The number of fused-ring (bicyclic) bond motifs is 1. The SMILES string of the molecule is CCOC1CCc2cc(N3C(=O)c4cccc5cccc(c45)C3=O)ccc2O1. The first-order valence-corrected chi connectivity index (χ1v) is 9.49. The van der Waals surface area contributed by atoms with Crippen LogP contribution < -0.4 is 9.64 Å². The molecule has 5 nitrogen and oxygen atoms in total. The first-order chi connectivity index (χ1) is 13.7. The number of carbonyl (C=O) groups is 2. The molecule has 3 aromatic carbocycles. The number of amides is 2. The van der Waals surface area contributed by atoms with Gasteiger partial charge in [-0.15, -0.1) is 0 Å². The summed E-state index contributed by atoms with van der Waals surface area (Å²) in [6.07, 6.45) is 1.27. The molecule has 5 rings (SSSR count). The molecule has 140 valence electrons. The second kappa shape index (κ2) is 6.46. The average Bonchev–Trinajstić information content (AvgIpc) is 2.72. The fraction of sp³-hybridized carbons (Fsp3) is 0.217. The van der Waals surface area contributed by atoms with Crippen molar-refractivity contribution in [1.82, 2.24) is 0 Å².